The van der Waals surface area contributed by atoms with Gasteiger partial charge in [0.25, 0.3) is 5.91 Å². The third kappa shape index (κ3) is 6.04. The summed E-state index contributed by atoms with van der Waals surface area (Å²) in [6.07, 6.45) is 2.04. The average molecular weight is 406 g/mol. The molecule has 0 aliphatic carbocycles. The zero-order valence-electron chi connectivity index (χ0n) is 17.5. The number of esters is 1. The highest BCUT2D eigenvalue weighted by molar-refractivity contribution is 5.92. The number of ether oxygens (including phenoxy) is 1. The Hall–Kier alpha value is -3.41. The zero-order chi connectivity index (χ0) is 21.5. The fourth-order valence-corrected chi connectivity index (χ4v) is 2.85. The van der Waals surface area contributed by atoms with E-state index in [1.165, 1.54) is 5.56 Å². The van der Waals surface area contributed by atoms with E-state index in [1.807, 2.05) is 55.5 Å². The van der Waals surface area contributed by atoms with E-state index in [4.69, 9.17) is 9.15 Å². The van der Waals surface area contributed by atoms with Gasteiger partial charge in [0.05, 0.1) is 12.6 Å². The van der Waals surface area contributed by atoms with Crippen LogP contribution in [-0.4, -0.2) is 23.5 Å². The molecule has 0 bridgehead atoms. The molecule has 0 spiro atoms. The number of nitrogens with one attached hydrogen (secondary N) is 1. The molecule has 6 nitrogen and oxygen atoms in total. The minimum absolute atomic E-state index is 0.0875. The van der Waals surface area contributed by atoms with Gasteiger partial charge in [0.1, 0.15) is 0 Å². The van der Waals surface area contributed by atoms with E-state index in [0.29, 0.717) is 29.7 Å². The SMILES string of the molecule is Cc1ccc(-c2cnc(CCC(=O)OCC(=O)Nc3ccc(C(C)C)cc3)o2)cc1. The van der Waals surface area contributed by atoms with Gasteiger partial charge in [0, 0.05) is 17.7 Å². The standard InChI is InChI=1S/C24H26N2O4/c1-16(2)18-8-10-20(11-9-18)26-22(27)15-29-24(28)13-12-23-25-14-21(30-23)19-6-4-17(3)5-7-19/h4-11,14,16H,12-13,15H2,1-3H3,(H,26,27). The van der Waals surface area contributed by atoms with Crippen LogP contribution in [0, 0.1) is 6.92 Å². The maximum Gasteiger partial charge on any atom is 0.306 e. The average Bonchev–Trinajstić information content (AvgIpc) is 3.21. The van der Waals surface area contributed by atoms with Gasteiger partial charge in [0.2, 0.25) is 0 Å². The fourth-order valence-electron chi connectivity index (χ4n) is 2.85. The van der Waals surface area contributed by atoms with E-state index in [1.54, 1.807) is 6.20 Å². The number of amides is 1. The molecule has 1 aromatic heterocycles. The molecule has 0 aliphatic heterocycles. The summed E-state index contributed by atoms with van der Waals surface area (Å²) in [7, 11) is 0. The number of hydrogen-bond donors (Lipinski definition) is 1. The van der Waals surface area contributed by atoms with Crippen molar-refractivity contribution in [3.8, 4) is 11.3 Å². The quantitative estimate of drug-likeness (QED) is 0.539. The summed E-state index contributed by atoms with van der Waals surface area (Å²) in [5, 5.41) is 2.72. The summed E-state index contributed by atoms with van der Waals surface area (Å²) in [6.45, 7) is 5.90. The van der Waals surface area contributed by atoms with Gasteiger partial charge in [-0.3, -0.25) is 9.59 Å². The Labute approximate surface area is 176 Å². The number of oxazole rings is 1. The van der Waals surface area contributed by atoms with Crippen LogP contribution in [-0.2, 0) is 20.7 Å². The van der Waals surface area contributed by atoms with E-state index < -0.39 is 5.97 Å². The molecule has 2 aromatic carbocycles. The monoisotopic (exact) mass is 406 g/mol. The molecule has 0 saturated heterocycles. The lowest BCUT2D eigenvalue weighted by Gasteiger charge is -2.09. The van der Waals surface area contributed by atoms with Gasteiger partial charge >= 0.3 is 5.97 Å². The van der Waals surface area contributed by atoms with Crippen molar-refractivity contribution >= 4 is 17.6 Å². The highest BCUT2D eigenvalue weighted by atomic mass is 16.5. The van der Waals surface area contributed by atoms with Crippen LogP contribution in [0.3, 0.4) is 0 Å². The number of anilines is 1. The summed E-state index contributed by atoms with van der Waals surface area (Å²) >= 11 is 0. The molecular formula is C24H26N2O4. The number of rotatable bonds is 8. The minimum atomic E-state index is -0.476. The first-order chi connectivity index (χ1) is 14.4. The first-order valence-corrected chi connectivity index (χ1v) is 9.98. The van der Waals surface area contributed by atoms with E-state index in [-0.39, 0.29) is 18.9 Å². The Balaban J connectivity index is 1.41. The molecule has 156 valence electrons. The van der Waals surface area contributed by atoms with Gasteiger partial charge in [-0.15, -0.1) is 0 Å². The van der Waals surface area contributed by atoms with E-state index >= 15 is 0 Å². The molecule has 0 saturated carbocycles. The van der Waals surface area contributed by atoms with Crippen LogP contribution in [0.5, 0.6) is 0 Å². The Bertz CT molecular complexity index is 989. The van der Waals surface area contributed by atoms with Gasteiger partial charge in [-0.05, 0) is 30.5 Å². The molecule has 3 rings (SSSR count). The molecular weight excluding hydrogens is 380 g/mol. The number of hydrogen-bond acceptors (Lipinski definition) is 5. The Morgan fingerprint density at radius 1 is 1.07 bits per heavy atom. The van der Waals surface area contributed by atoms with Gasteiger partial charge in [-0.1, -0.05) is 55.8 Å². The summed E-state index contributed by atoms with van der Waals surface area (Å²) in [5.41, 5.74) is 3.96. The number of carbonyl (C=O) groups is 2. The number of aryl methyl sites for hydroxylation is 2. The molecule has 1 heterocycles. The lowest BCUT2D eigenvalue weighted by Crippen LogP contribution is -2.21. The third-order valence-corrected chi connectivity index (χ3v) is 4.66. The first-order valence-electron chi connectivity index (χ1n) is 9.98. The second-order valence-electron chi connectivity index (χ2n) is 7.47. The van der Waals surface area contributed by atoms with Gasteiger partial charge in [-0.25, -0.2) is 4.98 Å². The molecule has 0 radical (unpaired) electrons. The van der Waals surface area contributed by atoms with Crippen LogP contribution >= 0.6 is 0 Å². The largest absolute Gasteiger partial charge is 0.456 e. The Morgan fingerprint density at radius 2 is 1.77 bits per heavy atom. The van der Waals surface area contributed by atoms with Crippen LogP contribution in [0.4, 0.5) is 5.69 Å². The Morgan fingerprint density at radius 3 is 2.43 bits per heavy atom. The zero-order valence-corrected chi connectivity index (χ0v) is 17.5. The van der Waals surface area contributed by atoms with Crippen LogP contribution in [0.15, 0.2) is 59.1 Å². The fraction of sp³-hybridized carbons (Fsp3) is 0.292. The number of benzene rings is 2. The molecule has 3 aromatic rings. The highest BCUT2D eigenvalue weighted by Crippen LogP contribution is 2.21. The maximum atomic E-state index is 12.0. The van der Waals surface area contributed by atoms with Crippen LogP contribution in [0.2, 0.25) is 0 Å². The van der Waals surface area contributed by atoms with E-state index in [2.05, 4.69) is 24.1 Å². The number of carbonyl (C=O) groups excluding carboxylic acids is 2. The van der Waals surface area contributed by atoms with E-state index in [9.17, 15) is 9.59 Å². The highest BCUT2D eigenvalue weighted by Gasteiger charge is 2.12. The molecule has 0 aliphatic rings. The Kier molecular flexibility index (Phi) is 7.01. The number of nitrogens with zero attached hydrogens (tertiary/aromatic N) is 1. The van der Waals surface area contributed by atoms with Crippen molar-refractivity contribution in [2.45, 2.75) is 39.5 Å². The van der Waals surface area contributed by atoms with Crippen molar-refractivity contribution in [2.24, 2.45) is 0 Å². The van der Waals surface area contributed by atoms with Crippen LogP contribution in [0.25, 0.3) is 11.3 Å². The minimum Gasteiger partial charge on any atom is -0.456 e. The van der Waals surface area contributed by atoms with Crippen molar-refractivity contribution in [3.63, 3.8) is 0 Å². The number of aromatic nitrogens is 1. The molecule has 1 amide bonds. The lowest BCUT2D eigenvalue weighted by molar-refractivity contribution is -0.147. The molecule has 0 unspecified atom stereocenters. The lowest BCUT2D eigenvalue weighted by atomic mass is 10.0. The smallest absolute Gasteiger partial charge is 0.306 e. The summed E-state index contributed by atoms with van der Waals surface area (Å²) in [5.74, 6) is 0.680. The maximum absolute atomic E-state index is 12.0. The van der Waals surface area contributed by atoms with Crippen LogP contribution < -0.4 is 5.32 Å². The molecule has 1 N–H and O–H groups in total. The predicted octanol–water partition coefficient (Wildman–Crippen LogP) is 4.89. The van der Waals surface area contributed by atoms with Crippen LogP contribution in [0.1, 0.15) is 43.2 Å². The van der Waals surface area contributed by atoms with Crippen molar-refractivity contribution < 1.29 is 18.7 Å². The van der Waals surface area contributed by atoms with Crippen molar-refractivity contribution in [3.05, 3.63) is 71.7 Å². The van der Waals surface area contributed by atoms with Gasteiger partial charge < -0.3 is 14.5 Å². The van der Waals surface area contributed by atoms with Crippen molar-refractivity contribution in [1.82, 2.24) is 4.98 Å². The summed E-state index contributed by atoms with van der Waals surface area (Å²) in [6, 6.07) is 15.5. The second-order valence-corrected chi connectivity index (χ2v) is 7.47. The van der Waals surface area contributed by atoms with Gasteiger partial charge in [-0.2, -0.15) is 0 Å². The summed E-state index contributed by atoms with van der Waals surface area (Å²) in [4.78, 5) is 28.1. The summed E-state index contributed by atoms with van der Waals surface area (Å²) < 4.78 is 10.7. The first kappa shape index (κ1) is 21.3. The molecule has 6 heteroatoms. The normalized spacial score (nSPS) is 10.8. The molecule has 0 atom stereocenters. The molecule has 30 heavy (non-hydrogen) atoms. The molecule has 0 fully saturated rings. The van der Waals surface area contributed by atoms with Crippen molar-refractivity contribution in [2.75, 3.05) is 11.9 Å². The van der Waals surface area contributed by atoms with Gasteiger partial charge in [0.15, 0.2) is 18.3 Å². The second kappa shape index (κ2) is 9.87. The van der Waals surface area contributed by atoms with Crippen molar-refractivity contribution in [1.29, 1.82) is 0 Å². The predicted molar refractivity (Wildman–Crippen MR) is 115 cm³/mol. The van der Waals surface area contributed by atoms with E-state index in [0.717, 1.165) is 11.1 Å². The topological polar surface area (TPSA) is 81.4 Å². The third-order valence-electron chi connectivity index (χ3n) is 4.66.